The van der Waals surface area contributed by atoms with Gasteiger partial charge in [-0.15, -0.1) is 0 Å². The molecule has 2 aromatic carbocycles. The van der Waals surface area contributed by atoms with Crippen LogP contribution in [-0.4, -0.2) is 12.5 Å². The van der Waals surface area contributed by atoms with Gasteiger partial charge in [0, 0.05) is 34.0 Å². The van der Waals surface area contributed by atoms with Crippen molar-refractivity contribution in [1.82, 2.24) is 0 Å². The number of nitrogens with two attached hydrogens (primary N) is 1. The Balaban J connectivity index is 2.27. The summed E-state index contributed by atoms with van der Waals surface area (Å²) in [7, 11) is 0. The minimum Gasteiger partial charge on any atom is -0.380 e. The Labute approximate surface area is 122 Å². The van der Waals surface area contributed by atoms with Crippen LogP contribution < -0.4 is 11.1 Å². The SMILES string of the molecule is NC(=O)C1=C(c2ccccc2)c2ccc(Cl)cc2NC1. The van der Waals surface area contributed by atoms with E-state index in [1.165, 1.54) is 0 Å². The number of halogens is 1. The number of rotatable bonds is 2. The van der Waals surface area contributed by atoms with Crippen molar-refractivity contribution < 1.29 is 4.79 Å². The summed E-state index contributed by atoms with van der Waals surface area (Å²) in [6, 6.07) is 15.4. The number of carbonyl (C=O) groups is 1. The molecular weight excluding hydrogens is 272 g/mol. The van der Waals surface area contributed by atoms with Gasteiger partial charge in [-0.1, -0.05) is 48.0 Å². The zero-order valence-electron chi connectivity index (χ0n) is 10.7. The number of amides is 1. The molecule has 0 aromatic heterocycles. The van der Waals surface area contributed by atoms with E-state index >= 15 is 0 Å². The predicted molar refractivity (Wildman–Crippen MR) is 81.6 cm³/mol. The van der Waals surface area contributed by atoms with Crippen LogP contribution in [0.5, 0.6) is 0 Å². The number of anilines is 1. The van der Waals surface area contributed by atoms with Gasteiger partial charge in [0.25, 0.3) is 0 Å². The summed E-state index contributed by atoms with van der Waals surface area (Å²) in [5.41, 5.74) is 9.83. The molecule has 1 aliphatic rings. The summed E-state index contributed by atoms with van der Waals surface area (Å²) in [5.74, 6) is -0.406. The van der Waals surface area contributed by atoms with Crippen molar-refractivity contribution in [2.45, 2.75) is 0 Å². The largest absolute Gasteiger partial charge is 0.380 e. The lowest BCUT2D eigenvalue weighted by Crippen LogP contribution is -2.25. The molecule has 3 N–H and O–H groups in total. The minimum atomic E-state index is -0.406. The van der Waals surface area contributed by atoms with Gasteiger partial charge in [0.1, 0.15) is 0 Å². The van der Waals surface area contributed by atoms with Crippen molar-refractivity contribution in [1.29, 1.82) is 0 Å². The summed E-state index contributed by atoms with van der Waals surface area (Å²) >= 11 is 6.02. The van der Waals surface area contributed by atoms with Crippen LogP contribution in [0.3, 0.4) is 0 Å². The van der Waals surface area contributed by atoms with Crippen LogP contribution in [0.4, 0.5) is 5.69 Å². The molecule has 1 heterocycles. The lowest BCUT2D eigenvalue weighted by atomic mass is 9.89. The van der Waals surface area contributed by atoms with Crippen molar-refractivity contribution in [2.75, 3.05) is 11.9 Å². The van der Waals surface area contributed by atoms with E-state index in [0.717, 1.165) is 22.4 Å². The second-order valence-electron chi connectivity index (χ2n) is 4.63. The second-order valence-corrected chi connectivity index (χ2v) is 5.06. The predicted octanol–water partition coefficient (Wildman–Crippen LogP) is 3.05. The quantitative estimate of drug-likeness (QED) is 0.890. The highest BCUT2D eigenvalue weighted by molar-refractivity contribution is 6.31. The van der Waals surface area contributed by atoms with E-state index in [-0.39, 0.29) is 0 Å². The fraction of sp³-hybridized carbons (Fsp3) is 0.0625. The maximum atomic E-state index is 11.7. The molecule has 3 rings (SSSR count). The molecule has 0 saturated heterocycles. The molecule has 3 nitrogen and oxygen atoms in total. The Morgan fingerprint density at radius 2 is 1.90 bits per heavy atom. The fourth-order valence-electron chi connectivity index (χ4n) is 2.46. The molecule has 0 spiro atoms. The molecule has 0 atom stereocenters. The standard InChI is InChI=1S/C16H13ClN2O/c17-11-6-7-12-14(8-11)19-9-13(16(18)20)15(12)10-4-2-1-3-5-10/h1-8,19H,9H2,(H2,18,20). The third-order valence-electron chi connectivity index (χ3n) is 3.37. The fourth-order valence-corrected chi connectivity index (χ4v) is 2.63. The molecule has 1 aliphatic heterocycles. The monoisotopic (exact) mass is 284 g/mol. The van der Waals surface area contributed by atoms with Crippen LogP contribution in [0.2, 0.25) is 5.02 Å². The van der Waals surface area contributed by atoms with Gasteiger partial charge in [-0.05, 0) is 17.7 Å². The van der Waals surface area contributed by atoms with Crippen LogP contribution in [-0.2, 0) is 4.79 Å². The van der Waals surface area contributed by atoms with E-state index in [4.69, 9.17) is 17.3 Å². The molecule has 1 amide bonds. The number of hydrogen-bond donors (Lipinski definition) is 2. The summed E-state index contributed by atoms with van der Waals surface area (Å²) in [6.07, 6.45) is 0. The van der Waals surface area contributed by atoms with Gasteiger partial charge in [-0.25, -0.2) is 0 Å². The van der Waals surface area contributed by atoms with E-state index in [1.807, 2.05) is 48.5 Å². The highest BCUT2D eigenvalue weighted by Gasteiger charge is 2.23. The minimum absolute atomic E-state index is 0.406. The Morgan fingerprint density at radius 1 is 1.15 bits per heavy atom. The summed E-state index contributed by atoms with van der Waals surface area (Å²) in [4.78, 5) is 11.7. The summed E-state index contributed by atoms with van der Waals surface area (Å²) in [5, 5.41) is 3.85. The zero-order valence-corrected chi connectivity index (χ0v) is 11.4. The molecule has 4 heteroatoms. The number of hydrogen-bond acceptors (Lipinski definition) is 2. The molecule has 0 fully saturated rings. The maximum Gasteiger partial charge on any atom is 0.247 e. The molecule has 0 radical (unpaired) electrons. The molecule has 0 aliphatic carbocycles. The van der Waals surface area contributed by atoms with Crippen LogP contribution in [0.25, 0.3) is 5.57 Å². The lowest BCUT2D eigenvalue weighted by molar-refractivity contribution is -0.114. The molecule has 100 valence electrons. The third kappa shape index (κ3) is 2.17. The van der Waals surface area contributed by atoms with Crippen LogP contribution in [0.1, 0.15) is 11.1 Å². The number of primary amides is 1. The van der Waals surface area contributed by atoms with E-state index < -0.39 is 5.91 Å². The van der Waals surface area contributed by atoms with Crippen LogP contribution in [0, 0.1) is 0 Å². The van der Waals surface area contributed by atoms with E-state index in [0.29, 0.717) is 17.1 Å². The van der Waals surface area contributed by atoms with Gasteiger partial charge in [0.15, 0.2) is 0 Å². The van der Waals surface area contributed by atoms with Gasteiger partial charge in [-0.3, -0.25) is 4.79 Å². The summed E-state index contributed by atoms with van der Waals surface area (Å²) in [6.45, 7) is 0.410. The normalized spacial score (nSPS) is 13.7. The Kier molecular flexibility index (Phi) is 3.20. The topological polar surface area (TPSA) is 55.1 Å². The van der Waals surface area contributed by atoms with Gasteiger partial charge in [-0.2, -0.15) is 0 Å². The third-order valence-corrected chi connectivity index (χ3v) is 3.60. The smallest absolute Gasteiger partial charge is 0.247 e. The zero-order chi connectivity index (χ0) is 14.1. The number of carbonyl (C=O) groups excluding carboxylic acids is 1. The molecule has 0 saturated carbocycles. The first kappa shape index (κ1) is 12.8. The molecule has 0 unspecified atom stereocenters. The first-order chi connectivity index (χ1) is 9.66. The Bertz CT molecular complexity index is 708. The summed E-state index contributed by atoms with van der Waals surface area (Å²) < 4.78 is 0. The van der Waals surface area contributed by atoms with E-state index in [1.54, 1.807) is 0 Å². The first-order valence-electron chi connectivity index (χ1n) is 6.29. The maximum absolute atomic E-state index is 11.7. The van der Waals surface area contributed by atoms with Gasteiger partial charge in [0.05, 0.1) is 0 Å². The highest BCUT2D eigenvalue weighted by Crippen LogP contribution is 2.36. The van der Waals surface area contributed by atoms with Crippen molar-refractivity contribution in [3.63, 3.8) is 0 Å². The molecule has 2 aromatic rings. The van der Waals surface area contributed by atoms with Crippen LogP contribution >= 0.6 is 11.6 Å². The van der Waals surface area contributed by atoms with Crippen LogP contribution in [0.15, 0.2) is 54.1 Å². The van der Waals surface area contributed by atoms with E-state index in [2.05, 4.69) is 5.32 Å². The van der Waals surface area contributed by atoms with Gasteiger partial charge < -0.3 is 11.1 Å². The van der Waals surface area contributed by atoms with Gasteiger partial charge >= 0.3 is 0 Å². The number of fused-ring (bicyclic) bond motifs is 1. The van der Waals surface area contributed by atoms with E-state index in [9.17, 15) is 4.79 Å². The molecule has 20 heavy (non-hydrogen) atoms. The van der Waals surface area contributed by atoms with Crippen molar-refractivity contribution >= 4 is 28.8 Å². The number of benzene rings is 2. The van der Waals surface area contributed by atoms with Gasteiger partial charge in [0.2, 0.25) is 5.91 Å². The molecular formula is C16H13ClN2O. The van der Waals surface area contributed by atoms with Crippen molar-refractivity contribution in [3.8, 4) is 0 Å². The van der Waals surface area contributed by atoms with Crippen molar-refractivity contribution in [3.05, 3.63) is 70.3 Å². The average Bonchev–Trinajstić information content (AvgIpc) is 2.46. The Morgan fingerprint density at radius 3 is 2.60 bits per heavy atom. The molecule has 0 bridgehead atoms. The second kappa shape index (κ2) is 5.02. The first-order valence-corrected chi connectivity index (χ1v) is 6.67. The average molecular weight is 285 g/mol. The lowest BCUT2D eigenvalue weighted by Gasteiger charge is -2.24. The van der Waals surface area contributed by atoms with Crippen molar-refractivity contribution in [2.24, 2.45) is 5.73 Å². The number of nitrogens with one attached hydrogen (secondary N) is 1. The highest BCUT2D eigenvalue weighted by atomic mass is 35.5. The Hall–Kier alpha value is -2.26.